The molecule has 0 saturated carbocycles. The molecule has 0 amide bonds. The van der Waals surface area contributed by atoms with Gasteiger partial charge in [0.05, 0.1) is 16.4 Å². The third-order valence-electron chi connectivity index (χ3n) is 3.05. The second kappa shape index (κ2) is 5.59. The number of nitrogen functional groups attached to an aromatic ring is 1. The Bertz CT molecular complexity index is 618. The average molecular weight is 301 g/mol. The second-order valence-corrected chi connectivity index (χ2v) is 6.74. The molecule has 0 bridgehead atoms. The van der Waals surface area contributed by atoms with Crippen LogP contribution >= 0.6 is 0 Å². The van der Waals surface area contributed by atoms with E-state index < -0.39 is 14.8 Å². The molecule has 0 aromatic carbocycles. The summed E-state index contributed by atoms with van der Waals surface area (Å²) in [6.45, 7) is 0.589. The number of pyridine rings is 1. The minimum Gasteiger partial charge on any atom is -0.350 e. The van der Waals surface area contributed by atoms with Gasteiger partial charge in [-0.05, 0) is 12.5 Å². The van der Waals surface area contributed by atoms with Gasteiger partial charge in [0.1, 0.15) is 5.82 Å². The predicted molar refractivity (Wildman–Crippen MR) is 74.2 cm³/mol. The Morgan fingerprint density at radius 1 is 1.35 bits per heavy atom. The van der Waals surface area contributed by atoms with Crippen molar-refractivity contribution < 1.29 is 13.3 Å². The zero-order chi connectivity index (χ0) is 14.8. The Kier molecular flexibility index (Phi) is 4.04. The Hall–Kier alpha value is -1.94. The molecule has 20 heavy (non-hydrogen) atoms. The van der Waals surface area contributed by atoms with Gasteiger partial charge in [0.2, 0.25) is 5.82 Å². The first-order chi connectivity index (χ1) is 9.43. The van der Waals surface area contributed by atoms with E-state index in [0.717, 1.165) is 0 Å². The highest BCUT2D eigenvalue weighted by Gasteiger charge is 2.26. The number of hydrazine groups is 1. The van der Waals surface area contributed by atoms with E-state index in [-0.39, 0.29) is 35.4 Å². The monoisotopic (exact) mass is 301 g/mol. The average Bonchev–Trinajstić information content (AvgIpc) is 2.58. The lowest BCUT2D eigenvalue weighted by atomic mass is 10.3. The van der Waals surface area contributed by atoms with Gasteiger partial charge in [-0.3, -0.25) is 10.1 Å². The van der Waals surface area contributed by atoms with E-state index in [2.05, 4.69) is 10.4 Å². The number of nitrogens with one attached hydrogen (secondary N) is 1. The summed E-state index contributed by atoms with van der Waals surface area (Å²) in [5.41, 5.74) is 2.16. The van der Waals surface area contributed by atoms with Crippen LogP contribution < -0.4 is 16.2 Å². The van der Waals surface area contributed by atoms with Crippen LogP contribution in [0, 0.1) is 10.1 Å². The summed E-state index contributed by atoms with van der Waals surface area (Å²) < 4.78 is 23.2. The number of nitro groups is 1. The molecule has 1 aliphatic heterocycles. The molecule has 1 saturated heterocycles. The van der Waals surface area contributed by atoms with Gasteiger partial charge in [-0.25, -0.2) is 19.2 Å². The summed E-state index contributed by atoms with van der Waals surface area (Å²) in [7, 11) is -3.09. The molecular weight excluding hydrogens is 286 g/mol. The predicted octanol–water partition coefficient (Wildman–Crippen LogP) is -0.0997. The maximum Gasteiger partial charge on any atom is 0.311 e. The fourth-order valence-corrected chi connectivity index (χ4v) is 3.32. The van der Waals surface area contributed by atoms with E-state index in [1.807, 2.05) is 0 Å². The van der Waals surface area contributed by atoms with Crippen molar-refractivity contribution in [2.24, 2.45) is 5.84 Å². The molecule has 0 spiro atoms. The zero-order valence-corrected chi connectivity index (χ0v) is 11.5. The van der Waals surface area contributed by atoms with E-state index in [1.165, 1.54) is 12.1 Å². The minimum atomic E-state index is -3.09. The number of sulfone groups is 1. The summed E-state index contributed by atoms with van der Waals surface area (Å²) in [5, 5.41) is 11.0. The number of anilines is 2. The molecule has 0 radical (unpaired) electrons. The Balaban J connectivity index is 2.37. The Morgan fingerprint density at radius 2 is 2.10 bits per heavy atom. The van der Waals surface area contributed by atoms with Crippen LogP contribution in [-0.4, -0.2) is 42.9 Å². The number of rotatable bonds is 3. The highest BCUT2D eigenvalue weighted by molar-refractivity contribution is 7.91. The molecule has 2 rings (SSSR count). The van der Waals surface area contributed by atoms with Gasteiger partial charge in [0.25, 0.3) is 0 Å². The van der Waals surface area contributed by atoms with Gasteiger partial charge < -0.3 is 10.3 Å². The van der Waals surface area contributed by atoms with E-state index in [4.69, 9.17) is 5.84 Å². The number of nitrogens with zero attached hydrogens (tertiary/aromatic N) is 3. The van der Waals surface area contributed by atoms with Crippen molar-refractivity contribution in [1.82, 2.24) is 4.98 Å². The van der Waals surface area contributed by atoms with Gasteiger partial charge in [-0.15, -0.1) is 0 Å². The van der Waals surface area contributed by atoms with Crippen molar-refractivity contribution in [1.29, 1.82) is 0 Å². The van der Waals surface area contributed by atoms with Crippen molar-refractivity contribution in [3.8, 4) is 0 Å². The molecule has 1 aromatic rings. The smallest absolute Gasteiger partial charge is 0.311 e. The van der Waals surface area contributed by atoms with E-state index in [9.17, 15) is 18.5 Å². The Labute approximate surface area is 115 Å². The first-order valence-electron chi connectivity index (χ1n) is 6.00. The topological polar surface area (TPSA) is 131 Å². The number of hydrogen-bond donors (Lipinski definition) is 2. The van der Waals surface area contributed by atoms with Crippen LogP contribution in [0.5, 0.6) is 0 Å². The van der Waals surface area contributed by atoms with E-state index in [1.54, 1.807) is 4.90 Å². The minimum absolute atomic E-state index is 0.0356. The van der Waals surface area contributed by atoms with Gasteiger partial charge >= 0.3 is 5.69 Å². The fraction of sp³-hybridized carbons (Fsp3) is 0.500. The molecule has 110 valence electrons. The zero-order valence-electron chi connectivity index (χ0n) is 10.7. The maximum atomic E-state index is 11.6. The highest BCUT2D eigenvalue weighted by Crippen LogP contribution is 2.28. The molecule has 1 aliphatic rings. The molecule has 1 aromatic heterocycles. The summed E-state index contributed by atoms with van der Waals surface area (Å²) >= 11 is 0. The SMILES string of the molecule is NNc1ccc([N+](=O)[O-])c(N2CCCS(=O)(=O)CC2)n1. The largest absolute Gasteiger partial charge is 0.350 e. The van der Waals surface area contributed by atoms with E-state index >= 15 is 0 Å². The molecule has 9 nitrogen and oxygen atoms in total. The van der Waals surface area contributed by atoms with Crippen molar-refractivity contribution in [3.63, 3.8) is 0 Å². The summed E-state index contributed by atoms with van der Waals surface area (Å²) in [4.78, 5) is 16.2. The lowest BCUT2D eigenvalue weighted by Crippen LogP contribution is -2.28. The quantitative estimate of drug-likeness (QED) is 0.449. The number of aromatic nitrogens is 1. The van der Waals surface area contributed by atoms with Crippen LogP contribution in [0.15, 0.2) is 12.1 Å². The number of nitrogens with two attached hydrogens (primary N) is 1. The molecule has 0 unspecified atom stereocenters. The lowest BCUT2D eigenvalue weighted by Gasteiger charge is -2.20. The third kappa shape index (κ3) is 3.14. The molecule has 0 atom stereocenters. The second-order valence-electron chi connectivity index (χ2n) is 4.43. The molecule has 1 fully saturated rings. The summed E-state index contributed by atoms with van der Waals surface area (Å²) in [6.07, 6.45) is 0.418. The standard InChI is InChI=1S/C10H15N5O4S/c11-13-9-3-2-8(15(16)17)10(12-9)14-4-1-6-20(18,19)7-5-14/h2-3H,1,4-7,11H2,(H,12,13). The Morgan fingerprint density at radius 3 is 2.75 bits per heavy atom. The summed E-state index contributed by atoms with van der Waals surface area (Å²) in [5.74, 6) is 5.74. The van der Waals surface area contributed by atoms with Crippen LogP contribution in [0.1, 0.15) is 6.42 Å². The first kappa shape index (κ1) is 14.5. The van der Waals surface area contributed by atoms with Crippen LogP contribution in [0.25, 0.3) is 0 Å². The molecule has 10 heteroatoms. The third-order valence-corrected chi connectivity index (χ3v) is 4.77. The maximum absolute atomic E-state index is 11.6. The number of hydrogen-bond acceptors (Lipinski definition) is 8. The van der Waals surface area contributed by atoms with Crippen LogP contribution in [0.3, 0.4) is 0 Å². The van der Waals surface area contributed by atoms with Gasteiger partial charge in [0.15, 0.2) is 9.84 Å². The van der Waals surface area contributed by atoms with E-state index in [0.29, 0.717) is 13.0 Å². The van der Waals surface area contributed by atoms with Crippen LogP contribution in [0.2, 0.25) is 0 Å². The van der Waals surface area contributed by atoms with Gasteiger partial charge in [0, 0.05) is 19.2 Å². The normalized spacial score (nSPS) is 18.4. The van der Waals surface area contributed by atoms with Crippen molar-refractivity contribution >= 4 is 27.2 Å². The first-order valence-corrected chi connectivity index (χ1v) is 7.82. The van der Waals surface area contributed by atoms with Crippen LogP contribution in [-0.2, 0) is 9.84 Å². The van der Waals surface area contributed by atoms with Crippen molar-refractivity contribution in [2.45, 2.75) is 6.42 Å². The molecular formula is C10H15N5O4S. The van der Waals surface area contributed by atoms with Crippen LogP contribution in [0.4, 0.5) is 17.3 Å². The van der Waals surface area contributed by atoms with Crippen molar-refractivity contribution in [2.75, 3.05) is 34.9 Å². The summed E-state index contributed by atoms with van der Waals surface area (Å²) in [6, 6.07) is 2.70. The van der Waals surface area contributed by atoms with Gasteiger partial charge in [-0.1, -0.05) is 0 Å². The lowest BCUT2D eigenvalue weighted by molar-refractivity contribution is -0.384. The van der Waals surface area contributed by atoms with Crippen molar-refractivity contribution in [3.05, 3.63) is 22.2 Å². The molecule has 3 N–H and O–H groups in total. The molecule has 2 heterocycles. The highest BCUT2D eigenvalue weighted by atomic mass is 32.2. The van der Waals surface area contributed by atoms with Gasteiger partial charge in [-0.2, -0.15) is 0 Å². The fourth-order valence-electron chi connectivity index (χ4n) is 2.05. The molecule has 0 aliphatic carbocycles.